The van der Waals surface area contributed by atoms with Gasteiger partial charge in [-0.1, -0.05) is 36.4 Å². The Bertz CT molecular complexity index is 2500. The summed E-state index contributed by atoms with van der Waals surface area (Å²) in [4.78, 5) is 17.4. The number of hydrogen-bond donors (Lipinski definition) is 2. The molecule has 4 aromatic carbocycles. The molecule has 6 aromatic rings. The maximum Gasteiger partial charge on any atom is 0.229 e. The highest BCUT2D eigenvalue weighted by molar-refractivity contribution is 8.13. The summed E-state index contributed by atoms with van der Waals surface area (Å²) in [5, 5.41) is 0. The highest BCUT2D eigenvalue weighted by atomic mass is 35.7. The molecule has 0 bridgehead atoms. The van der Waals surface area contributed by atoms with Crippen molar-refractivity contribution in [3.8, 4) is 45.5 Å². The molecule has 0 unspecified atom stereocenters. The van der Waals surface area contributed by atoms with E-state index in [1.807, 2.05) is 84.9 Å². The molecule has 2 heterocycles. The SMILES string of the molecule is COc1ccc(Cc2cc(-c3ccccc3OC)ncn2)cc1N.COc1ccc(Cc2cc(-c3ccccc3OC)ncn2)cc1NS(C)(=O)=O.CS(=O)(=O)Cl. The first-order valence-corrected chi connectivity index (χ1v) is 21.6. The summed E-state index contributed by atoms with van der Waals surface area (Å²) in [5.41, 5.74) is 14.1. The van der Waals surface area contributed by atoms with E-state index in [-0.39, 0.29) is 0 Å². The molecule has 0 fully saturated rings. The molecular formula is C40H43ClN6O8S2. The molecule has 0 saturated carbocycles. The Morgan fingerprint density at radius 3 is 1.42 bits per heavy atom. The van der Waals surface area contributed by atoms with Gasteiger partial charge in [0, 0.05) is 46.0 Å². The van der Waals surface area contributed by atoms with Gasteiger partial charge in [0.05, 0.1) is 63.7 Å². The van der Waals surface area contributed by atoms with Crippen LogP contribution in [-0.2, 0) is 31.9 Å². The van der Waals surface area contributed by atoms with Crippen molar-refractivity contribution in [3.05, 3.63) is 132 Å². The van der Waals surface area contributed by atoms with Crippen molar-refractivity contribution in [3.63, 3.8) is 0 Å². The van der Waals surface area contributed by atoms with Crippen molar-refractivity contribution < 1.29 is 35.8 Å². The molecule has 6 rings (SSSR count). The van der Waals surface area contributed by atoms with Gasteiger partial charge in [-0.15, -0.1) is 0 Å². The number of aromatic nitrogens is 4. The van der Waals surface area contributed by atoms with E-state index in [1.165, 1.54) is 13.4 Å². The minimum atomic E-state index is -3.42. The van der Waals surface area contributed by atoms with Crippen molar-refractivity contribution in [2.75, 3.05) is 51.4 Å². The van der Waals surface area contributed by atoms with Crippen molar-refractivity contribution in [2.24, 2.45) is 0 Å². The van der Waals surface area contributed by atoms with Crippen LogP contribution in [0, 0.1) is 0 Å². The Kier molecular flexibility index (Phi) is 15.6. The van der Waals surface area contributed by atoms with Crippen LogP contribution < -0.4 is 29.4 Å². The molecule has 0 spiro atoms. The first kappa shape index (κ1) is 43.8. The third kappa shape index (κ3) is 13.9. The van der Waals surface area contributed by atoms with E-state index in [0.717, 1.165) is 69.0 Å². The molecule has 17 heteroatoms. The van der Waals surface area contributed by atoms with E-state index in [2.05, 4.69) is 35.3 Å². The van der Waals surface area contributed by atoms with Crippen LogP contribution in [0.4, 0.5) is 11.4 Å². The third-order valence-corrected chi connectivity index (χ3v) is 8.43. The van der Waals surface area contributed by atoms with Crippen molar-refractivity contribution >= 4 is 41.1 Å². The molecule has 0 radical (unpaired) electrons. The summed E-state index contributed by atoms with van der Waals surface area (Å²) in [5.74, 6) is 2.65. The molecule has 0 saturated heterocycles. The first-order valence-electron chi connectivity index (χ1n) is 17.0. The molecule has 300 valence electrons. The standard InChI is InChI=1S/C20H21N3O4S.C19H19N3O2.CH3ClO2S/c1-26-19-7-5-4-6-16(19)17-12-15(21-13-22-17)10-14-8-9-20(27-2)18(11-14)23-28(3,24)25;1-23-18-6-4-3-5-15(18)17-11-14(21-12-22-17)9-13-7-8-19(24-2)16(20)10-13;1-5(2,3)4/h4-9,11-13,23H,10H2,1-3H3;3-8,10-12H,9,20H2,1-2H3;1H3. The summed E-state index contributed by atoms with van der Waals surface area (Å²) in [6, 6.07) is 30.4. The topological polar surface area (TPSA) is 195 Å². The first-order chi connectivity index (χ1) is 27.1. The number of anilines is 2. The summed E-state index contributed by atoms with van der Waals surface area (Å²) in [7, 11) is 4.26. The molecule has 0 amide bonds. The van der Waals surface area contributed by atoms with Gasteiger partial charge in [-0.05, 0) is 71.8 Å². The molecule has 2 aromatic heterocycles. The number of halogens is 1. The summed E-state index contributed by atoms with van der Waals surface area (Å²) >= 11 is 0. The Labute approximate surface area is 337 Å². The van der Waals surface area contributed by atoms with Crippen molar-refractivity contribution in [1.29, 1.82) is 0 Å². The lowest BCUT2D eigenvalue weighted by atomic mass is 10.1. The van der Waals surface area contributed by atoms with Gasteiger partial charge in [0.2, 0.25) is 19.1 Å². The monoisotopic (exact) mass is 834 g/mol. The number of methoxy groups -OCH3 is 4. The number of nitrogens with two attached hydrogens (primary N) is 1. The second-order valence-electron chi connectivity index (χ2n) is 12.2. The van der Waals surface area contributed by atoms with Crippen LogP contribution in [0.3, 0.4) is 0 Å². The number of benzene rings is 4. The number of hydrogen-bond acceptors (Lipinski definition) is 13. The molecule has 0 aliphatic carbocycles. The van der Waals surface area contributed by atoms with Crippen LogP contribution >= 0.6 is 10.7 Å². The zero-order valence-corrected chi connectivity index (χ0v) is 34.5. The van der Waals surface area contributed by atoms with Gasteiger partial charge in [0.15, 0.2) is 0 Å². The van der Waals surface area contributed by atoms with Gasteiger partial charge >= 0.3 is 0 Å². The number of nitrogens with one attached hydrogen (secondary N) is 1. The fraction of sp³-hybridized carbons (Fsp3) is 0.200. The van der Waals surface area contributed by atoms with E-state index in [4.69, 9.17) is 24.7 Å². The number of nitrogens with zero attached hydrogens (tertiary/aromatic N) is 4. The molecule has 0 atom stereocenters. The van der Waals surface area contributed by atoms with Crippen LogP contribution in [0.15, 0.2) is 110 Å². The van der Waals surface area contributed by atoms with Crippen LogP contribution in [0.25, 0.3) is 22.5 Å². The Morgan fingerprint density at radius 1 is 0.579 bits per heavy atom. The number of para-hydroxylation sites is 2. The number of rotatable bonds is 12. The Hall–Kier alpha value is -5.97. The second kappa shape index (κ2) is 20.3. The zero-order valence-electron chi connectivity index (χ0n) is 32.1. The third-order valence-electron chi connectivity index (χ3n) is 7.84. The molecule has 0 aliphatic heterocycles. The molecule has 0 aliphatic rings. The van der Waals surface area contributed by atoms with E-state index in [1.54, 1.807) is 39.8 Å². The fourth-order valence-corrected chi connectivity index (χ4v) is 6.01. The summed E-state index contributed by atoms with van der Waals surface area (Å²) < 4.78 is 65.7. The summed E-state index contributed by atoms with van der Waals surface area (Å²) in [6.45, 7) is 0. The van der Waals surface area contributed by atoms with Crippen LogP contribution in [0.2, 0.25) is 0 Å². The smallest absolute Gasteiger partial charge is 0.229 e. The lowest BCUT2D eigenvalue weighted by molar-refractivity contribution is 0.416. The largest absolute Gasteiger partial charge is 0.496 e. The van der Waals surface area contributed by atoms with Gasteiger partial charge in [0.1, 0.15) is 35.7 Å². The zero-order chi connectivity index (χ0) is 41.6. The second-order valence-corrected chi connectivity index (χ2v) is 17.0. The predicted octanol–water partition coefficient (Wildman–Crippen LogP) is 6.64. The maximum atomic E-state index is 11.6. The van der Waals surface area contributed by atoms with Crippen molar-refractivity contribution in [2.45, 2.75) is 12.8 Å². The highest BCUT2D eigenvalue weighted by Crippen LogP contribution is 2.31. The number of ether oxygens (including phenoxy) is 4. The van der Waals surface area contributed by atoms with Gasteiger partial charge in [-0.25, -0.2) is 36.8 Å². The van der Waals surface area contributed by atoms with Crippen LogP contribution in [0.1, 0.15) is 22.5 Å². The van der Waals surface area contributed by atoms with E-state index >= 15 is 0 Å². The Morgan fingerprint density at radius 2 is 1.00 bits per heavy atom. The molecule has 3 N–H and O–H groups in total. The quantitative estimate of drug-likeness (QED) is 0.0985. The van der Waals surface area contributed by atoms with E-state index in [9.17, 15) is 16.8 Å². The van der Waals surface area contributed by atoms with Crippen LogP contribution in [-0.4, -0.2) is 77.7 Å². The number of sulfonamides is 1. The number of nitrogen functional groups attached to an aromatic ring is 1. The van der Waals surface area contributed by atoms with Gasteiger partial charge < -0.3 is 24.7 Å². The van der Waals surface area contributed by atoms with Crippen LogP contribution in [0.5, 0.6) is 23.0 Å². The van der Waals surface area contributed by atoms with Crippen molar-refractivity contribution in [1.82, 2.24) is 19.9 Å². The minimum absolute atomic E-state index is 0.390. The highest BCUT2D eigenvalue weighted by Gasteiger charge is 2.13. The average Bonchev–Trinajstić information content (AvgIpc) is 3.17. The fourth-order valence-electron chi connectivity index (χ4n) is 5.45. The molecule has 14 nitrogen and oxygen atoms in total. The van der Waals surface area contributed by atoms with Gasteiger partial charge in [0.25, 0.3) is 0 Å². The van der Waals surface area contributed by atoms with Gasteiger partial charge in [-0.2, -0.15) is 0 Å². The maximum absolute atomic E-state index is 11.6. The van der Waals surface area contributed by atoms with Gasteiger partial charge in [-0.3, -0.25) is 4.72 Å². The van der Waals surface area contributed by atoms with E-state index in [0.29, 0.717) is 35.7 Å². The lowest BCUT2D eigenvalue weighted by Crippen LogP contribution is -2.11. The Balaban J connectivity index is 0.000000228. The molecular weight excluding hydrogens is 792 g/mol. The lowest BCUT2D eigenvalue weighted by Gasteiger charge is -2.12. The normalized spacial score (nSPS) is 10.9. The summed E-state index contributed by atoms with van der Waals surface area (Å²) in [6.07, 6.45) is 6.28. The van der Waals surface area contributed by atoms with E-state index < -0.39 is 19.1 Å². The minimum Gasteiger partial charge on any atom is -0.496 e. The predicted molar refractivity (Wildman–Crippen MR) is 223 cm³/mol. The average molecular weight is 835 g/mol. The molecule has 57 heavy (non-hydrogen) atoms.